The fourth-order valence-electron chi connectivity index (χ4n) is 1.75. The highest BCUT2D eigenvalue weighted by atomic mass is 32.2. The zero-order valence-electron chi connectivity index (χ0n) is 10.1. The van der Waals surface area contributed by atoms with Gasteiger partial charge in [0.2, 0.25) is 15.9 Å². The first kappa shape index (κ1) is 12.9. The van der Waals surface area contributed by atoms with Crippen LogP contribution in [0.25, 0.3) is 0 Å². The molecule has 0 radical (unpaired) electrons. The number of aryl methyl sites for hydroxylation is 1. The van der Waals surface area contributed by atoms with Gasteiger partial charge >= 0.3 is 0 Å². The Balaban J connectivity index is 1.89. The van der Waals surface area contributed by atoms with E-state index < -0.39 is 10.0 Å². The SMILES string of the molecule is Cc1ccc(OCCN2C(=O)CCS2(=O)=O)cc1. The predicted octanol–water partition coefficient (Wildman–Crippen LogP) is 0.936. The number of sulfonamides is 1. The Bertz CT molecular complexity index is 536. The topological polar surface area (TPSA) is 63.7 Å². The monoisotopic (exact) mass is 269 g/mol. The summed E-state index contributed by atoms with van der Waals surface area (Å²) in [6, 6.07) is 7.45. The Hall–Kier alpha value is -1.56. The molecule has 0 unspecified atom stereocenters. The van der Waals surface area contributed by atoms with Gasteiger partial charge in [0.25, 0.3) is 0 Å². The Kier molecular flexibility index (Phi) is 3.56. The van der Waals surface area contributed by atoms with Gasteiger partial charge in [-0.1, -0.05) is 17.7 Å². The van der Waals surface area contributed by atoms with Gasteiger partial charge in [0, 0.05) is 6.42 Å². The summed E-state index contributed by atoms with van der Waals surface area (Å²) < 4.78 is 29.3. The minimum absolute atomic E-state index is 0.0763. The summed E-state index contributed by atoms with van der Waals surface area (Å²) in [5, 5.41) is 0. The molecule has 98 valence electrons. The van der Waals surface area contributed by atoms with Crippen molar-refractivity contribution in [2.24, 2.45) is 0 Å². The smallest absolute Gasteiger partial charge is 0.237 e. The molecular weight excluding hydrogens is 254 g/mol. The standard InChI is InChI=1S/C12H15NO4S/c1-10-2-4-11(5-3-10)17-8-7-13-12(14)6-9-18(13,15)16/h2-5H,6-9H2,1H3. The van der Waals surface area contributed by atoms with Crippen molar-refractivity contribution < 1.29 is 17.9 Å². The first-order chi connectivity index (χ1) is 8.49. The molecular formula is C12H15NO4S. The van der Waals surface area contributed by atoms with Crippen LogP contribution in [0.5, 0.6) is 5.75 Å². The lowest BCUT2D eigenvalue weighted by molar-refractivity contribution is -0.125. The lowest BCUT2D eigenvalue weighted by Gasteiger charge is -2.15. The fourth-order valence-corrected chi connectivity index (χ4v) is 3.16. The molecule has 1 fully saturated rings. The molecule has 0 bridgehead atoms. The van der Waals surface area contributed by atoms with Crippen LogP contribution in [0.3, 0.4) is 0 Å². The Morgan fingerprint density at radius 3 is 2.50 bits per heavy atom. The molecule has 0 N–H and O–H groups in total. The molecule has 18 heavy (non-hydrogen) atoms. The molecule has 1 aliphatic rings. The van der Waals surface area contributed by atoms with Crippen LogP contribution in [0.1, 0.15) is 12.0 Å². The van der Waals surface area contributed by atoms with Crippen LogP contribution in [0.15, 0.2) is 24.3 Å². The second-order valence-corrected chi connectivity index (χ2v) is 6.21. The van der Waals surface area contributed by atoms with Crippen LogP contribution in [0, 0.1) is 6.92 Å². The van der Waals surface area contributed by atoms with E-state index in [4.69, 9.17) is 4.74 Å². The molecule has 5 nitrogen and oxygen atoms in total. The quantitative estimate of drug-likeness (QED) is 0.816. The average Bonchev–Trinajstić information content (AvgIpc) is 2.58. The Morgan fingerprint density at radius 1 is 1.28 bits per heavy atom. The van der Waals surface area contributed by atoms with Gasteiger partial charge in [-0.3, -0.25) is 4.79 Å². The maximum atomic E-state index is 11.5. The van der Waals surface area contributed by atoms with Crippen molar-refractivity contribution in [1.82, 2.24) is 4.31 Å². The van der Waals surface area contributed by atoms with Crippen molar-refractivity contribution in [2.45, 2.75) is 13.3 Å². The van der Waals surface area contributed by atoms with Gasteiger partial charge in [0.05, 0.1) is 12.3 Å². The number of rotatable bonds is 4. The molecule has 6 heteroatoms. The summed E-state index contributed by atoms with van der Waals surface area (Å²) in [5.41, 5.74) is 1.12. The molecule has 0 aromatic heterocycles. The molecule has 1 aromatic rings. The Morgan fingerprint density at radius 2 is 1.94 bits per heavy atom. The molecule has 1 saturated heterocycles. The van der Waals surface area contributed by atoms with Gasteiger partial charge in [0.15, 0.2) is 0 Å². The zero-order valence-corrected chi connectivity index (χ0v) is 10.9. The van der Waals surface area contributed by atoms with E-state index in [1.54, 1.807) is 0 Å². The first-order valence-corrected chi connectivity index (χ1v) is 7.33. The fraction of sp³-hybridized carbons (Fsp3) is 0.417. The van der Waals surface area contributed by atoms with Gasteiger partial charge < -0.3 is 4.74 Å². The van der Waals surface area contributed by atoms with Crippen molar-refractivity contribution in [3.05, 3.63) is 29.8 Å². The summed E-state index contributed by atoms with van der Waals surface area (Å²) in [6.45, 7) is 2.22. The van der Waals surface area contributed by atoms with Crippen LogP contribution >= 0.6 is 0 Å². The lowest BCUT2D eigenvalue weighted by atomic mass is 10.2. The number of benzene rings is 1. The first-order valence-electron chi connectivity index (χ1n) is 5.72. The number of nitrogens with zero attached hydrogens (tertiary/aromatic N) is 1. The number of carbonyl (C=O) groups is 1. The van der Waals surface area contributed by atoms with Crippen LogP contribution in [0.2, 0.25) is 0 Å². The number of ether oxygens (including phenoxy) is 1. The predicted molar refractivity (Wildman–Crippen MR) is 66.8 cm³/mol. The van der Waals surface area contributed by atoms with E-state index >= 15 is 0 Å². The summed E-state index contributed by atoms with van der Waals surface area (Å²) in [6.07, 6.45) is 0.0763. The van der Waals surface area contributed by atoms with Gasteiger partial charge in [-0.05, 0) is 19.1 Å². The summed E-state index contributed by atoms with van der Waals surface area (Å²) >= 11 is 0. The third-order valence-corrected chi connectivity index (χ3v) is 4.55. The van der Waals surface area contributed by atoms with Crippen LogP contribution in [0.4, 0.5) is 0 Å². The second kappa shape index (κ2) is 4.97. The molecule has 1 amide bonds. The molecule has 0 saturated carbocycles. The van der Waals surface area contributed by atoms with Crippen molar-refractivity contribution in [3.8, 4) is 5.75 Å². The maximum Gasteiger partial charge on any atom is 0.237 e. The van der Waals surface area contributed by atoms with Crippen LogP contribution in [-0.2, 0) is 14.8 Å². The van der Waals surface area contributed by atoms with E-state index in [9.17, 15) is 13.2 Å². The van der Waals surface area contributed by atoms with Crippen molar-refractivity contribution >= 4 is 15.9 Å². The lowest BCUT2D eigenvalue weighted by Crippen LogP contribution is -2.33. The molecule has 0 aliphatic carbocycles. The van der Waals surface area contributed by atoms with E-state index in [2.05, 4.69) is 0 Å². The maximum absolute atomic E-state index is 11.5. The number of amides is 1. The van der Waals surface area contributed by atoms with E-state index in [0.717, 1.165) is 9.87 Å². The van der Waals surface area contributed by atoms with E-state index in [1.807, 2.05) is 31.2 Å². The molecule has 0 atom stereocenters. The van der Waals surface area contributed by atoms with Crippen LogP contribution < -0.4 is 4.74 Å². The third-order valence-electron chi connectivity index (χ3n) is 2.77. The van der Waals surface area contributed by atoms with Crippen molar-refractivity contribution in [2.75, 3.05) is 18.9 Å². The van der Waals surface area contributed by atoms with Gasteiger partial charge in [-0.25, -0.2) is 12.7 Å². The molecule has 1 aromatic carbocycles. The number of hydrogen-bond donors (Lipinski definition) is 0. The molecule has 1 heterocycles. The van der Waals surface area contributed by atoms with Gasteiger partial charge in [-0.15, -0.1) is 0 Å². The number of carbonyl (C=O) groups excluding carboxylic acids is 1. The molecule has 0 spiro atoms. The van der Waals surface area contributed by atoms with Crippen molar-refractivity contribution in [1.29, 1.82) is 0 Å². The highest BCUT2D eigenvalue weighted by Crippen LogP contribution is 2.15. The third kappa shape index (κ3) is 2.81. The summed E-state index contributed by atoms with van der Waals surface area (Å²) in [7, 11) is -3.39. The summed E-state index contributed by atoms with van der Waals surface area (Å²) in [5.74, 6) is 0.239. The van der Waals surface area contributed by atoms with Gasteiger partial charge in [-0.2, -0.15) is 0 Å². The normalized spacial score (nSPS) is 18.1. The minimum Gasteiger partial charge on any atom is -0.492 e. The zero-order chi connectivity index (χ0) is 13.2. The van der Waals surface area contributed by atoms with Crippen molar-refractivity contribution in [3.63, 3.8) is 0 Å². The van der Waals surface area contributed by atoms with Crippen LogP contribution in [-0.4, -0.2) is 37.5 Å². The molecule has 2 rings (SSSR count). The number of hydrogen-bond acceptors (Lipinski definition) is 4. The minimum atomic E-state index is -3.39. The highest BCUT2D eigenvalue weighted by Gasteiger charge is 2.34. The largest absolute Gasteiger partial charge is 0.492 e. The average molecular weight is 269 g/mol. The second-order valence-electron chi connectivity index (χ2n) is 4.19. The van der Waals surface area contributed by atoms with E-state index in [0.29, 0.717) is 5.75 Å². The highest BCUT2D eigenvalue weighted by molar-refractivity contribution is 7.90. The van der Waals surface area contributed by atoms with E-state index in [-0.39, 0.29) is 31.2 Å². The van der Waals surface area contributed by atoms with E-state index in [1.165, 1.54) is 0 Å². The van der Waals surface area contributed by atoms with Gasteiger partial charge in [0.1, 0.15) is 12.4 Å². The molecule has 1 aliphatic heterocycles. The Labute approximate surface area is 106 Å². The summed E-state index contributed by atoms with van der Waals surface area (Å²) in [4.78, 5) is 11.4.